The maximum atomic E-state index is 10.6. The molecule has 1 N–H and O–H groups in total. The summed E-state index contributed by atoms with van der Waals surface area (Å²) >= 11 is 0. The minimum absolute atomic E-state index is 0.140. The van der Waals surface area contributed by atoms with E-state index in [0.29, 0.717) is 12.4 Å². The molecule has 2 heterocycles. The molecule has 0 fully saturated rings. The van der Waals surface area contributed by atoms with Gasteiger partial charge in [0.1, 0.15) is 23.6 Å². The van der Waals surface area contributed by atoms with Gasteiger partial charge in [0.15, 0.2) is 0 Å². The largest absolute Gasteiger partial charge is 0.365 e. The first-order valence-electron chi connectivity index (χ1n) is 5.78. The summed E-state index contributed by atoms with van der Waals surface area (Å²) < 4.78 is 1.74. The number of hydrogen-bond donors (Lipinski definition) is 1. The SMILES string of the molecule is Cc1c(CNc2ncc([N+](=O)[O-])cc2C#N)cnn1C. The fourth-order valence-corrected chi connectivity index (χ4v) is 1.68. The predicted octanol–water partition coefficient (Wildman–Crippen LogP) is 1.52. The van der Waals surface area contributed by atoms with Crippen LogP contribution in [0.5, 0.6) is 0 Å². The average molecular weight is 272 g/mol. The minimum Gasteiger partial charge on any atom is -0.365 e. The van der Waals surface area contributed by atoms with Gasteiger partial charge in [0, 0.05) is 30.9 Å². The zero-order valence-corrected chi connectivity index (χ0v) is 11.0. The first kappa shape index (κ1) is 13.5. The summed E-state index contributed by atoms with van der Waals surface area (Å²) in [6.45, 7) is 2.37. The lowest BCUT2D eigenvalue weighted by Gasteiger charge is -2.06. The van der Waals surface area contributed by atoms with E-state index in [1.54, 1.807) is 10.9 Å². The molecule has 0 atom stereocenters. The molecule has 0 amide bonds. The molecule has 0 aliphatic rings. The first-order valence-corrected chi connectivity index (χ1v) is 5.78. The number of aromatic nitrogens is 3. The normalized spacial score (nSPS) is 10.1. The standard InChI is InChI=1S/C12H12N6O2/c1-8-10(6-16-17(8)2)5-14-12-9(4-13)3-11(7-15-12)18(19)20/h3,6-7H,5H2,1-2H3,(H,14,15). The van der Waals surface area contributed by atoms with Gasteiger partial charge < -0.3 is 5.32 Å². The van der Waals surface area contributed by atoms with Crippen molar-refractivity contribution in [3.8, 4) is 6.07 Å². The topological polar surface area (TPSA) is 110 Å². The van der Waals surface area contributed by atoms with E-state index in [0.717, 1.165) is 17.5 Å². The Balaban J connectivity index is 2.20. The number of aryl methyl sites for hydroxylation is 1. The molecule has 8 heteroatoms. The van der Waals surface area contributed by atoms with Crippen molar-refractivity contribution >= 4 is 11.5 Å². The third-order valence-electron chi connectivity index (χ3n) is 2.99. The van der Waals surface area contributed by atoms with Crippen LogP contribution in [0.25, 0.3) is 0 Å². The predicted molar refractivity (Wildman–Crippen MR) is 70.9 cm³/mol. The summed E-state index contributed by atoms with van der Waals surface area (Å²) in [7, 11) is 1.84. The lowest BCUT2D eigenvalue weighted by Crippen LogP contribution is -2.05. The van der Waals surface area contributed by atoms with Crippen molar-refractivity contribution in [2.45, 2.75) is 13.5 Å². The highest BCUT2D eigenvalue weighted by Gasteiger charge is 2.12. The maximum absolute atomic E-state index is 10.6. The molecule has 0 aliphatic carbocycles. The number of anilines is 1. The molecule has 2 aromatic rings. The molecule has 0 bridgehead atoms. The quantitative estimate of drug-likeness (QED) is 0.667. The number of pyridine rings is 1. The molecule has 0 unspecified atom stereocenters. The molecule has 0 aromatic carbocycles. The fourth-order valence-electron chi connectivity index (χ4n) is 1.68. The van der Waals surface area contributed by atoms with Crippen molar-refractivity contribution in [2.75, 3.05) is 5.32 Å². The highest BCUT2D eigenvalue weighted by atomic mass is 16.6. The van der Waals surface area contributed by atoms with Crippen LogP contribution in [0.15, 0.2) is 18.5 Å². The Morgan fingerprint density at radius 1 is 1.55 bits per heavy atom. The van der Waals surface area contributed by atoms with E-state index in [1.807, 2.05) is 20.0 Å². The zero-order valence-electron chi connectivity index (χ0n) is 11.0. The lowest BCUT2D eigenvalue weighted by molar-refractivity contribution is -0.385. The summed E-state index contributed by atoms with van der Waals surface area (Å²) in [4.78, 5) is 14.0. The minimum atomic E-state index is -0.580. The number of nitriles is 1. The molecular weight excluding hydrogens is 260 g/mol. The molecule has 2 rings (SSSR count). The van der Waals surface area contributed by atoms with Crippen LogP contribution in [0.1, 0.15) is 16.8 Å². The van der Waals surface area contributed by atoms with Crippen LogP contribution in [-0.4, -0.2) is 19.7 Å². The molecule has 0 spiro atoms. The molecule has 2 aromatic heterocycles. The smallest absolute Gasteiger partial charge is 0.289 e. The van der Waals surface area contributed by atoms with Gasteiger partial charge in [-0.15, -0.1) is 0 Å². The van der Waals surface area contributed by atoms with Gasteiger partial charge >= 0.3 is 0 Å². The van der Waals surface area contributed by atoms with Crippen LogP contribution in [-0.2, 0) is 13.6 Å². The molecule has 0 radical (unpaired) electrons. The first-order chi connectivity index (χ1) is 9.52. The Hall–Kier alpha value is -2.95. The second-order valence-corrected chi connectivity index (χ2v) is 4.19. The van der Waals surface area contributed by atoms with Crippen molar-refractivity contribution in [3.05, 3.63) is 45.4 Å². The van der Waals surface area contributed by atoms with E-state index in [2.05, 4.69) is 15.4 Å². The summed E-state index contributed by atoms with van der Waals surface area (Å²) in [5.41, 5.74) is 1.90. The van der Waals surface area contributed by atoms with E-state index in [4.69, 9.17) is 5.26 Å². The van der Waals surface area contributed by atoms with Gasteiger partial charge in [-0.1, -0.05) is 0 Å². The van der Waals surface area contributed by atoms with E-state index >= 15 is 0 Å². The summed E-state index contributed by atoms with van der Waals surface area (Å²) in [6, 6.07) is 3.10. The summed E-state index contributed by atoms with van der Waals surface area (Å²) in [5, 5.41) is 26.7. The fraction of sp³-hybridized carbons (Fsp3) is 0.250. The van der Waals surface area contributed by atoms with Crippen LogP contribution in [0.3, 0.4) is 0 Å². The zero-order chi connectivity index (χ0) is 14.7. The van der Waals surface area contributed by atoms with Crippen molar-refractivity contribution in [1.82, 2.24) is 14.8 Å². The lowest BCUT2D eigenvalue weighted by atomic mass is 10.2. The van der Waals surface area contributed by atoms with Crippen LogP contribution in [0.2, 0.25) is 0 Å². The van der Waals surface area contributed by atoms with E-state index in [9.17, 15) is 10.1 Å². The summed E-state index contributed by atoms with van der Waals surface area (Å²) in [5.74, 6) is 0.321. The van der Waals surface area contributed by atoms with Crippen molar-refractivity contribution in [2.24, 2.45) is 7.05 Å². The van der Waals surface area contributed by atoms with Crippen LogP contribution in [0.4, 0.5) is 11.5 Å². The van der Waals surface area contributed by atoms with Gasteiger partial charge in [-0.05, 0) is 6.92 Å². The third-order valence-corrected chi connectivity index (χ3v) is 2.99. The highest BCUT2D eigenvalue weighted by Crippen LogP contribution is 2.19. The second kappa shape index (κ2) is 5.36. The van der Waals surface area contributed by atoms with Gasteiger partial charge in [0.25, 0.3) is 5.69 Å². The molecule has 0 aliphatic heterocycles. The number of nitrogens with zero attached hydrogens (tertiary/aromatic N) is 5. The van der Waals surface area contributed by atoms with E-state index < -0.39 is 4.92 Å². The monoisotopic (exact) mass is 272 g/mol. The third kappa shape index (κ3) is 2.56. The van der Waals surface area contributed by atoms with Gasteiger partial charge in [-0.25, -0.2) is 4.98 Å². The Bertz CT molecular complexity index is 700. The molecule has 0 saturated heterocycles. The molecule has 102 valence electrons. The molecule has 20 heavy (non-hydrogen) atoms. The average Bonchev–Trinajstić information content (AvgIpc) is 2.76. The van der Waals surface area contributed by atoms with Crippen molar-refractivity contribution < 1.29 is 4.92 Å². The Labute approximate surface area is 114 Å². The highest BCUT2D eigenvalue weighted by molar-refractivity contribution is 5.55. The van der Waals surface area contributed by atoms with Crippen molar-refractivity contribution in [3.63, 3.8) is 0 Å². The number of hydrogen-bond acceptors (Lipinski definition) is 6. The maximum Gasteiger partial charge on any atom is 0.289 e. The van der Waals surface area contributed by atoms with Crippen molar-refractivity contribution in [1.29, 1.82) is 5.26 Å². The number of rotatable bonds is 4. The molecular formula is C12H12N6O2. The number of nitrogens with one attached hydrogen (secondary N) is 1. The Morgan fingerprint density at radius 2 is 2.30 bits per heavy atom. The summed E-state index contributed by atoms with van der Waals surface area (Å²) in [6.07, 6.45) is 2.85. The Morgan fingerprint density at radius 3 is 2.85 bits per heavy atom. The van der Waals surface area contributed by atoms with Crippen LogP contribution in [0, 0.1) is 28.4 Å². The van der Waals surface area contributed by atoms with E-state index in [-0.39, 0.29) is 11.3 Å². The van der Waals surface area contributed by atoms with Crippen LogP contribution < -0.4 is 5.32 Å². The second-order valence-electron chi connectivity index (χ2n) is 4.19. The van der Waals surface area contributed by atoms with E-state index in [1.165, 1.54) is 6.07 Å². The molecule has 8 nitrogen and oxygen atoms in total. The number of nitro groups is 1. The van der Waals surface area contributed by atoms with Gasteiger partial charge in [-0.2, -0.15) is 10.4 Å². The molecule has 0 saturated carbocycles. The Kier molecular flexibility index (Phi) is 3.61. The van der Waals surface area contributed by atoms with Gasteiger partial charge in [-0.3, -0.25) is 14.8 Å². The van der Waals surface area contributed by atoms with Gasteiger partial charge in [0.2, 0.25) is 0 Å². The van der Waals surface area contributed by atoms with Gasteiger partial charge in [0.05, 0.1) is 11.1 Å². The van der Waals surface area contributed by atoms with Crippen LogP contribution >= 0.6 is 0 Å².